The molecule has 1 aliphatic rings. The van der Waals surface area contributed by atoms with E-state index in [9.17, 15) is 4.79 Å². The van der Waals surface area contributed by atoms with Crippen molar-refractivity contribution in [3.05, 3.63) is 120 Å². The highest BCUT2D eigenvalue weighted by Gasteiger charge is 2.37. The fourth-order valence-electron chi connectivity index (χ4n) is 6.19. The van der Waals surface area contributed by atoms with Crippen LogP contribution in [0, 0.1) is 0 Å². The van der Waals surface area contributed by atoms with Crippen LogP contribution in [-0.2, 0) is 16.6 Å². The zero-order valence-corrected chi connectivity index (χ0v) is 23.0. The van der Waals surface area contributed by atoms with Gasteiger partial charge in [0.2, 0.25) is 6.41 Å². The number of likely N-dealkylation sites (tertiary alicyclic amines) is 1. The van der Waals surface area contributed by atoms with Crippen LogP contribution >= 0.6 is 0 Å². The maximum atomic E-state index is 12.4. The maximum Gasteiger partial charge on any atom is 0.214 e. The first-order chi connectivity index (χ1) is 19.2. The van der Waals surface area contributed by atoms with Crippen LogP contribution in [0.25, 0.3) is 11.1 Å². The molecule has 1 fully saturated rings. The lowest BCUT2D eigenvalue weighted by atomic mass is 9.68. The summed E-state index contributed by atoms with van der Waals surface area (Å²) in [6, 6.07) is 34.4. The molecule has 0 radical (unpaired) electrons. The molecule has 0 bridgehead atoms. The van der Waals surface area contributed by atoms with Crippen LogP contribution in [0.5, 0.6) is 0 Å². The predicted octanol–water partition coefficient (Wildman–Crippen LogP) is 7.14. The summed E-state index contributed by atoms with van der Waals surface area (Å²) in [4.78, 5) is 21.6. The van der Waals surface area contributed by atoms with Crippen LogP contribution in [0.1, 0.15) is 49.4 Å². The normalized spacial score (nSPS) is 15.1. The molecule has 4 heteroatoms. The van der Waals surface area contributed by atoms with Crippen LogP contribution < -0.4 is 4.90 Å². The minimum atomic E-state index is 0.0587. The van der Waals surface area contributed by atoms with Gasteiger partial charge in [0, 0.05) is 23.7 Å². The summed E-state index contributed by atoms with van der Waals surface area (Å²) in [6.45, 7) is 5.92. The molecule has 39 heavy (non-hydrogen) atoms. The Hall–Kier alpha value is -3.76. The van der Waals surface area contributed by atoms with Gasteiger partial charge in [-0.1, -0.05) is 104 Å². The molecule has 0 aliphatic carbocycles. The molecule has 200 valence electrons. The smallest absolute Gasteiger partial charge is 0.214 e. The van der Waals surface area contributed by atoms with E-state index in [1.54, 1.807) is 0 Å². The minimum Gasteiger partial charge on any atom is -0.313 e. The number of nitrogens with zero attached hydrogens (tertiary/aromatic N) is 3. The van der Waals surface area contributed by atoms with Crippen LogP contribution in [0.3, 0.4) is 0 Å². The van der Waals surface area contributed by atoms with E-state index >= 15 is 0 Å². The summed E-state index contributed by atoms with van der Waals surface area (Å²) >= 11 is 0. The number of benzene rings is 3. The minimum absolute atomic E-state index is 0.0587. The Morgan fingerprint density at radius 3 is 2.00 bits per heavy atom. The van der Waals surface area contributed by atoms with Gasteiger partial charge < -0.3 is 9.80 Å². The second-order valence-corrected chi connectivity index (χ2v) is 10.6. The highest BCUT2D eigenvalue weighted by atomic mass is 16.1. The zero-order chi connectivity index (χ0) is 26.9. The van der Waals surface area contributed by atoms with Crippen LogP contribution in [0.4, 0.5) is 5.69 Å². The number of amides is 1. The molecule has 1 amide bonds. The van der Waals surface area contributed by atoms with Crippen molar-refractivity contribution in [2.45, 2.75) is 44.4 Å². The van der Waals surface area contributed by atoms with Gasteiger partial charge in [0.1, 0.15) is 0 Å². The van der Waals surface area contributed by atoms with Gasteiger partial charge in [0.05, 0.1) is 11.4 Å². The van der Waals surface area contributed by atoms with Crippen molar-refractivity contribution in [2.75, 3.05) is 31.1 Å². The van der Waals surface area contributed by atoms with Gasteiger partial charge in [0.15, 0.2) is 0 Å². The summed E-state index contributed by atoms with van der Waals surface area (Å²) < 4.78 is 0. The first kappa shape index (κ1) is 26.8. The Labute approximate surface area is 233 Å². The number of carbonyl (C=O) groups is 1. The number of carbonyl (C=O) groups excluding carboxylic acids is 1. The Kier molecular flexibility index (Phi) is 8.85. The molecule has 1 aliphatic heterocycles. The molecule has 2 heterocycles. The van der Waals surface area contributed by atoms with Crippen LogP contribution in [-0.4, -0.2) is 42.5 Å². The largest absolute Gasteiger partial charge is 0.313 e. The van der Waals surface area contributed by atoms with Crippen molar-refractivity contribution in [1.29, 1.82) is 0 Å². The molecule has 4 nitrogen and oxygen atoms in total. The van der Waals surface area contributed by atoms with E-state index in [0.717, 1.165) is 80.7 Å². The van der Waals surface area contributed by atoms with Crippen LogP contribution in [0.2, 0.25) is 0 Å². The van der Waals surface area contributed by atoms with Crippen LogP contribution in [0.15, 0.2) is 103 Å². The second-order valence-electron chi connectivity index (χ2n) is 10.6. The number of hydrogen-bond donors (Lipinski definition) is 0. The van der Waals surface area contributed by atoms with Gasteiger partial charge in [-0.15, -0.1) is 0 Å². The van der Waals surface area contributed by atoms with Crippen molar-refractivity contribution in [1.82, 2.24) is 9.88 Å². The molecular formula is C35H39N3O. The Bertz CT molecular complexity index is 1270. The topological polar surface area (TPSA) is 36.4 Å². The summed E-state index contributed by atoms with van der Waals surface area (Å²) in [5.41, 5.74) is 7.05. The number of piperidine rings is 1. The monoisotopic (exact) mass is 517 g/mol. The zero-order valence-electron chi connectivity index (χ0n) is 23.0. The summed E-state index contributed by atoms with van der Waals surface area (Å²) in [5.74, 6) is 0. The second kappa shape index (κ2) is 12.9. The molecule has 1 aromatic heterocycles. The Morgan fingerprint density at radius 1 is 0.846 bits per heavy atom. The Morgan fingerprint density at radius 2 is 1.44 bits per heavy atom. The molecule has 0 atom stereocenters. The number of rotatable bonds is 11. The summed E-state index contributed by atoms with van der Waals surface area (Å²) in [5, 5.41) is 0. The maximum absolute atomic E-state index is 12.4. The van der Waals surface area contributed by atoms with Gasteiger partial charge in [0.25, 0.3) is 0 Å². The number of aryl methyl sites for hydroxylation is 1. The fourth-order valence-corrected chi connectivity index (χ4v) is 6.19. The molecular weight excluding hydrogens is 478 g/mol. The number of aromatic nitrogens is 1. The van der Waals surface area contributed by atoms with E-state index in [1.165, 1.54) is 11.1 Å². The number of pyridine rings is 1. The fraction of sp³-hybridized carbons (Fsp3) is 0.314. The van der Waals surface area contributed by atoms with Gasteiger partial charge >= 0.3 is 0 Å². The molecule has 0 saturated carbocycles. The van der Waals surface area contributed by atoms with E-state index in [0.29, 0.717) is 6.54 Å². The molecule has 5 rings (SSSR count). The third-order valence-electron chi connectivity index (χ3n) is 8.22. The number of hydrogen-bond acceptors (Lipinski definition) is 3. The van der Waals surface area contributed by atoms with E-state index in [1.807, 2.05) is 35.4 Å². The third kappa shape index (κ3) is 5.97. The van der Waals surface area contributed by atoms with Crippen molar-refractivity contribution in [3.63, 3.8) is 0 Å². The van der Waals surface area contributed by atoms with E-state index in [-0.39, 0.29) is 5.41 Å². The van der Waals surface area contributed by atoms with Crippen molar-refractivity contribution in [3.8, 4) is 11.1 Å². The lowest BCUT2D eigenvalue weighted by Crippen LogP contribution is -2.44. The average molecular weight is 518 g/mol. The Balaban J connectivity index is 1.28. The van der Waals surface area contributed by atoms with Crippen molar-refractivity contribution >= 4 is 12.1 Å². The molecule has 0 N–H and O–H groups in total. The highest BCUT2D eigenvalue weighted by Crippen LogP contribution is 2.41. The molecule has 0 unspecified atom stereocenters. The first-order valence-electron chi connectivity index (χ1n) is 14.3. The van der Waals surface area contributed by atoms with Gasteiger partial charge in [-0.3, -0.25) is 9.78 Å². The van der Waals surface area contributed by atoms with E-state index in [2.05, 4.69) is 89.6 Å². The molecule has 1 saturated heterocycles. The first-order valence-corrected chi connectivity index (χ1v) is 14.3. The van der Waals surface area contributed by atoms with Gasteiger partial charge in [-0.25, -0.2) is 0 Å². The summed E-state index contributed by atoms with van der Waals surface area (Å²) in [6.07, 6.45) is 7.83. The van der Waals surface area contributed by atoms with Crippen molar-refractivity contribution < 1.29 is 4.79 Å². The van der Waals surface area contributed by atoms with Crippen molar-refractivity contribution in [2.24, 2.45) is 0 Å². The predicted molar refractivity (Wildman–Crippen MR) is 161 cm³/mol. The summed E-state index contributed by atoms with van der Waals surface area (Å²) in [7, 11) is 0. The average Bonchev–Trinajstić information content (AvgIpc) is 3.01. The lowest BCUT2D eigenvalue weighted by molar-refractivity contribution is -0.107. The molecule has 0 spiro atoms. The quantitative estimate of drug-likeness (QED) is 0.199. The van der Waals surface area contributed by atoms with Gasteiger partial charge in [-0.2, -0.15) is 0 Å². The van der Waals surface area contributed by atoms with E-state index in [4.69, 9.17) is 0 Å². The van der Waals surface area contributed by atoms with Gasteiger partial charge in [-0.05, 0) is 68.1 Å². The van der Waals surface area contributed by atoms with E-state index < -0.39 is 0 Å². The SMILES string of the molecule is CCCc1nccc(-c2ccccc2)c1N(C=O)CCCN1CCC(c2ccccc2)(c2ccccc2)CC1. The standard InChI is InChI=1S/C35H39N3O/c1-2-13-33-34(32(20-23-36-33)29-14-6-3-7-15-29)38(28-39)25-12-24-37-26-21-35(22-27-37,30-16-8-4-9-17-30)31-18-10-5-11-19-31/h3-11,14-20,23,28H,2,12-13,21-22,24-27H2,1H3. The third-order valence-corrected chi connectivity index (χ3v) is 8.22. The lowest BCUT2D eigenvalue weighted by Gasteiger charge is -2.43. The number of anilines is 1. The molecule has 4 aromatic rings. The highest BCUT2D eigenvalue weighted by molar-refractivity contribution is 5.88. The molecule has 3 aromatic carbocycles.